The van der Waals surface area contributed by atoms with Crippen LogP contribution >= 0.6 is 32.9 Å². The zero-order chi connectivity index (χ0) is 6.69. The van der Waals surface area contributed by atoms with Crippen molar-refractivity contribution >= 4 is 38.6 Å². The Morgan fingerprint density at radius 1 is 1.20 bits per heavy atom. The van der Waals surface area contributed by atoms with E-state index >= 15 is 0 Å². The van der Waals surface area contributed by atoms with Gasteiger partial charge in [0.15, 0.2) is 0 Å². The Bertz CT molecular complexity index is 183. The van der Waals surface area contributed by atoms with Gasteiger partial charge in [-0.25, -0.2) is 0 Å². The van der Waals surface area contributed by atoms with Crippen molar-refractivity contribution in [2.24, 2.45) is 0 Å². The number of hydrogen-bond donors (Lipinski definition) is 1. The van der Waals surface area contributed by atoms with Crippen LogP contribution in [0.15, 0.2) is 24.3 Å². The van der Waals surface area contributed by atoms with Gasteiger partial charge in [-0.3, -0.25) is 0 Å². The highest BCUT2D eigenvalue weighted by atomic mass is 79.9. The Morgan fingerprint density at radius 2 is 1.70 bits per heavy atom. The van der Waals surface area contributed by atoms with E-state index in [2.05, 4.69) is 15.9 Å². The first-order valence-corrected chi connectivity index (χ1v) is 3.85. The van der Waals surface area contributed by atoms with Crippen molar-refractivity contribution in [3.8, 4) is 0 Å². The molecule has 0 aliphatic carbocycles. The van der Waals surface area contributed by atoms with Gasteiger partial charge in [-0.05, 0) is 17.7 Å². The lowest BCUT2D eigenvalue weighted by molar-refractivity contribution is 1.44. The monoisotopic (exact) mass is 265 g/mol. The summed E-state index contributed by atoms with van der Waals surface area (Å²) in [6.07, 6.45) is 0. The maximum atomic E-state index is 5.47. The standard InChI is InChI=1S/C7H8BrN.BrH/c8-5-6-1-3-7(9)4-2-6;/h1-4H,5,9H2;1H. The second kappa shape index (κ2) is 4.74. The summed E-state index contributed by atoms with van der Waals surface area (Å²) >= 11 is 3.34. The fourth-order valence-corrected chi connectivity index (χ4v) is 0.981. The number of anilines is 1. The molecule has 2 N–H and O–H groups in total. The van der Waals surface area contributed by atoms with Gasteiger partial charge in [-0.15, -0.1) is 17.0 Å². The Kier molecular flexibility index (Phi) is 4.73. The van der Waals surface area contributed by atoms with Gasteiger partial charge >= 0.3 is 0 Å². The molecule has 0 heterocycles. The minimum absolute atomic E-state index is 0. The van der Waals surface area contributed by atoms with Crippen LogP contribution in [-0.2, 0) is 5.33 Å². The molecule has 0 fully saturated rings. The Balaban J connectivity index is 0.000000810. The molecular weight excluding hydrogens is 258 g/mol. The molecule has 0 spiro atoms. The minimum atomic E-state index is 0. The number of nitrogen functional groups attached to an aromatic ring is 1. The predicted molar refractivity (Wildman–Crippen MR) is 53.8 cm³/mol. The van der Waals surface area contributed by atoms with Gasteiger partial charge in [-0.1, -0.05) is 28.1 Å². The Labute approximate surface area is 79.5 Å². The molecule has 0 saturated carbocycles. The highest BCUT2D eigenvalue weighted by Gasteiger charge is 1.86. The van der Waals surface area contributed by atoms with E-state index in [0.717, 1.165) is 11.0 Å². The van der Waals surface area contributed by atoms with Crippen LogP contribution < -0.4 is 5.73 Å². The fraction of sp³-hybridized carbons (Fsp3) is 0.143. The molecule has 1 nitrogen and oxygen atoms in total. The van der Waals surface area contributed by atoms with E-state index < -0.39 is 0 Å². The molecule has 56 valence electrons. The van der Waals surface area contributed by atoms with Crippen molar-refractivity contribution in [1.29, 1.82) is 0 Å². The van der Waals surface area contributed by atoms with E-state index in [9.17, 15) is 0 Å². The summed E-state index contributed by atoms with van der Waals surface area (Å²) < 4.78 is 0. The topological polar surface area (TPSA) is 26.0 Å². The van der Waals surface area contributed by atoms with Crippen LogP contribution in [0.5, 0.6) is 0 Å². The largest absolute Gasteiger partial charge is 0.399 e. The van der Waals surface area contributed by atoms with E-state index in [4.69, 9.17) is 5.73 Å². The molecular formula is C7H9Br2N. The SMILES string of the molecule is Br.Nc1ccc(CBr)cc1. The highest BCUT2D eigenvalue weighted by Crippen LogP contribution is 2.07. The van der Waals surface area contributed by atoms with Gasteiger partial charge in [0.1, 0.15) is 0 Å². The van der Waals surface area contributed by atoms with Gasteiger partial charge in [0, 0.05) is 11.0 Å². The molecule has 0 aliphatic rings. The minimum Gasteiger partial charge on any atom is -0.399 e. The summed E-state index contributed by atoms with van der Waals surface area (Å²) in [7, 11) is 0. The summed E-state index contributed by atoms with van der Waals surface area (Å²) in [6, 6.07) is 7.81. The molecule has 0 aromatic heterocycles. The van der Waals surface area contributed by atoms with Gasteiger partial charge in [0.2, 0.25) is 0 Å². The molecule has 1 rings (SSSR count). The third kappa shape index (κ3) is 2.71. The highest BCUT2D eigenvalue weighted by molar-refractivity contribution is 9.08. The summed E-state index contributed by atoms with van der Waals surface area (Å²) in [6.45, 7) is 0. The maximum absolute atomic E-state index is 5.47. The molecule has 3 heteroatoms. The van der Waals surface area contributed by atoms with Crippen LogP contribution in [0.25, 0.3) is 0 Å². The second-order valence-electron chi connectivity index (χ2n) is 1.88. The van der Waals surface area contributed by atoms with Crippen LogP contribution in [0.4, 0.5) is 5.69 Å². The smallest absolute Gasteiger partial charge is 0.0314 e. The number of alkyl halides is 1. The second-order valence-corrected chi connectivity index (χ2v) is 2.44. The molecule has 0 aliphatic heterocycles. The number of rotatable bonds is 1. The summed E-state index contributed by atoms with van der Waals surface area (Å²) in [5.41, 5.74) is 7.54. The molecule has 0 unspecified atom stereocenters. The van der Waals surface area contributed by atoms with Gasteiger partial charge in [0.05, 0.1) is 0 Å². The van der Waals surface area contributed by atoms with E-state index in [1.54, 1.807) is 0 Å². The normalized spacial score (nSPS) is 8.50. The molecule has 1 aromatic carbocycles. The number of hydrogen-bond acceptors (Lipinski definition) is 1. The van der Waals surface area contributed by atoms with Crippen LogP contribution in [-0.4, -0.2) is 0 Å². The van der Waals surface area contributed by atoms with Crippen molar-refractivity contribution in [3.63, 3.8) is 0 Å². The van der Waals surface area contributed by atoms with Crippen molar-refractivity contribution in [2.75, 3.05) is 5.73 Å². The summed E-state index contributed by atoms with van der Waals surface area (Å²) in [5, 5.41) is 0.896. The van der Waals surface area contributed by atoms with E-state index in [-0.39, 0.29) is 17.0 Å². The molecule has 10 heavy (non-hydrogen) atoms. The zero-order valence-electron chi connectivity index (χ0n) is 5.38. The Hall–Kier alpha value is -0.0200. The lowest BCUT2D eigenvalue weighted by atomic mass is 10.2. The quantitative estimate of drug-likeness (QED) is 0.614. The van der Waals surface area contributed by atoms with Crippen molar-refractivity contribution in [2.45, 2.75) is 5.33 Å². The lowest BCUT2D eigenvalue weighted by Crippen LogP contribution is -1.83. The third-order valence-electron chi connectivity index (χ3n) is 1.13. The molecule has 0 atom stereocenters. The number of nitrogens with two attached hydrogens (primary N) is 1. The van der Waals surface area contributed by atoms with Crippen molar-refractivity contribution in [1.82, 2.24) is 0 Å². The lowest BCUT2D eigenvalue weighted by Gasteiger charge is -1.93. The fourth-order valence-electron chi connectivity index (χ4n) is 0.607. The van der Waals surface area contributed by atoms with Gasteiger partial charge in [0.25, 0.3) is 0 Å². The predicted octanol–water partition coefficient (Wildman–Crippen LogP) is 2.74. The zero-order valence-corrected chi connectivity index (χ0v) is 8.68. The van der Waals surface area contributed by atoms with Crippen molar-refractivity contribution in [3.05, 3.63) is 29.8 Å². The average molecular weight is 267 g/mol. The Morgan fingerprint density at radius 3 is 2.10 bits per heavy atom. The van der Waals surface area contributed by atoms with E-state index in [1.807, 2.05) is 24.3 Å². The average Bonchev–Trinajstić information content (AvgIpc) is 1.90. The van der Waals surface area contributed by atoms with Crippen LogP contribution in [0.2, 0.25) is 0 Å². The molecule has 0 bridgehead atoms. The first kappa shape index (κ1) is 9.98. The van der Waals surface area contributed by atoms with Crippen LogP contribution in [0, 0.1) is 0 Å². The van der Waals surface area contributed by atoms with Crippen LogP contribution in [0.1, 0.15) is 5.56 Å². The number of halogens is 2. The first-order chi connectivity index (χ1) is 4.33. The maximum Gasteiger partial charge on any atom is 0.0314 e. The summed E-state index contributed by atoms with van der Waals surface area (Å²) in [4.78, 5) is 0. The summed E-state index contributed by atoms with van der Waals surface area (Å²) in [5.74, 6) is 0. The number of benzene rings is 1. The molecule has 1 aromatic rings. The van der Waals surface area contributed by atoms with E-state index in [0.29, 0.717) is 0 Å². The third-order valence-corrected chi connectivity index (χ3v) is 1.78. The van der Waals surface area contributed by atoms with Crippen LogP contribution in [0.3, 0.4) is 0 Å². The molecule has 0 saturated heterocycles. The van der Waals surface area contributed by atoms with Crippen molar-refractivity contribution < 1.29 is 0 Å². The van der Waals surface area contributed by atoms with Gasteiger partial charge < -0.3 is 5.73 Å². The van der Waals surface area contributed by atoms with E-state index in [1.165, 1.54) is 5.56 Å². The van der Waals surface area contributed by atoms with Gasteiger partial charge in [-0.2, -0.15) is 0 Å². The molecule has 0 radical (unpaired) electrons. The molecule has 0 amide bonds. The first-order valence-electron chi connectivity index (χ1n) is 2.73.